The zero-order valence-electron chi connectivity index (χ0n) is 10.1. The first-order valence-electron chi connectivity index (χ1n) is 5.60. The Bertz CT molecular complexity index is 396. The molecule has 19 heavy (non-hydrogen) atoms. The van der Waals surface area contributed by atoms with Gasteiger partial charge in [0, 0.05) is 12.6 Å². The number of carbonyl (C=O) groups excluding carboxylic acids is 1. The maximum Gasteiger partial charge on any atom is 0.411 e. The molecule has 3 N–H and O–H groups in total. The Morgan fingerprint density at radius 1 is 1.32 bits per heavy atom. The lowest BCUT2D eigenvalue weighted by Crippen LogP contribution is -2.35. The van der Waals surface area contributed by atoms with Gasteiger partial charge in [-0.3, -0.25) is 4.79 Å². The van der Waals surface area contributed by atoms with Gasteiger partial charge in [-0.15, -0.1) is 0 Å². The summed E-state index contributed by atoms with van der Waals surface area (Å²) in [5.74, 6) is -0.629. The molecule has 0 aliphatic carbocycles. The second-order valence-corrected chi connectivity index (χ2v) is 3.93. The minimum Gasteiger partial charge on any atom is -0.362 e. The molecular formula is C12H15F3N2O2. The fourth-order valence-electron chi connectivity index (χ4n) is 1.35. The Hall–Kier alpha value is -1.60. The summed E-state index contributed by atoms with van der Waals surface area (Å²) in [7, 11) is 0. The van der Waals surface area contributed by atoms with Crippen molar-refractivity contribution in [1.29, 1.82) is 0 Å². The predicted molar refractivity (Wildman–Crippen MR) is 63.3 cm³/mol. The molecule has 1 unspecified atom stereocenters. The van der Waals surface area contributed by atoms with Gasteiger partial charge in [-0.1, -0.05) is 30.3 Å². The number of amides is 1. The third-order valence-corrected chi connectivity index (χ3v) is 2.25. The van der Waals surface area contributed by atoms with Crippen LogP contribution in [0.2, 0.25) is 0 Å². The van der Waals surface area contributed by atoms with Crippen molar-refractivity contribution in [2.75, 3.05) is 19.8 Å². The van der Waals surface area contributed by atoms with Crippen LogP contribution in [0.3, 0.4) is 0 Å². The number of halogens is 3. The number of alkyl halides is 3. The highest BCUT2D eigenvalue weighted by atomic mass is 19.4. The van der Waals surface area contributed by atoms with Crippen molar-refractivity contribution in [3.05, 3.63) is 35.9 Å². The second kappa shape index (κ2) is 7.10. The molecule has 0 spiro atoms. The van der Waals surface area contributed by atoms with Gasteiger partial charge in [-0.05, 0) is 5.56 Å². The summed E-state index contributed by atoms with van der Waals surface area (Å²) in [5.41, 5.74) is 6.64. The van der Waals surface area contributed by atoms with Gasteiger partial charge in [-0.25, -0.2) is 0 Å². The van der Waals surface area contributed by atoms with E-state index in [1.165, 1.54) is 0 Å². The van der Waals surface area contributed by atoms with Crippen molar-refractivity contribution in [1.82, 2.24) is 5.32 Å². The zero-order chi connectivity index (χ0) is 14.3. The average Bonchev–Trinajstić information content (AvgIpc) is 2.35. The van der Waals surface area contributed by atoms with Gasteiger partial charge in [0.05, 0.1) is 0 Å². The lowest BCUT2D eigenvalue weighted by molar-refractivity contribution is -0.175. The van der Waals surface area contributed by atoms with E-state index in [1.807, 2.05) is 18.2 Å². The number of nitrogens with two attached hydrogens (primary N) is 1. The number of carbonyl (C=O) groups is 1. The van der Waals surface area contributed by atoms with Gasteiger partial charge in [0.25, 0.3) is 0 Å². The van der Waals surface area contributed by atoms with Crippen LogP contribution >= 0.6 is 0 Å². The molecule has 1 aromatic carbocycles. The smallest absolute Gasteiger partial charge is 0.362 e. The predicted octanol–water partition coefficient (Wildman–Crippen LogP) is 1.38. The first kappa shape index (κ1) is 15.5. The molecule has 106 valence electrons. The zero-order valence-corrected chi connectivity index (χ0v) is 10.1. The quantitative estimate of drug-likeness (QED) is 0.825. The lowest BCUT2D eigenvalue weighted by Gasteiger charge is -2.13. The molecule has 0 aliphatic heterocycles. The number of nitrogens with one attached hydrogen (secondary N) is 1. The highest BCUT2D eigenvalue weighted by Crippen LogP contribution is 2.14. The fourth-order valence-corrected chi connectivity index (χ4v) is 1.35. The van der Waals surface area contributed by atoms with Crippen LogP contribution in [0.15, 0.2) is 30.3 Å². The number of rotatable bonds is 6. The summed E-state index contributed by atoms with van der Waals surface area (Å²) in [6.07, 6.45) is -4.43. The molecule has 0 saturated heterocycles. The third kappa shape index (κ3) is 6.78. The van der Waals surface area contributed by atoms with Crippen LogP contribution in [-0.4, -0.2) is 31.8 Å². The van der Waals surface area contributed by atoms with E-state index in [0.29, 0.717) is 0 Å². The third-order valence-electron chi connectivity index (χ3n) is 2.25. The number of benzene rings is 1. The largest absolute Gasteiger partial charge is 0.411 e. The van der Waals surface area contributed by atoms with E-state index in [1.54, 1.807) is 12.1 Å². The Morgan fingerprint density at radius 3 is 2.53 bits per heavy atom. The Kier molecular flexibility index (Phi) is 5.78. The molecule has 0 heterocycles. The minimum absolute atomic E-state index is 0.137. The summed E-state index contributed by atoms with van der Waals surface area (Å²) in [4.78, 5) is 11.2. The van der Waals surface area contributed by atoms with E-state index in [9.17, 15) is 18.0 Å². The molecule has 1 aromatic rings. The molecule has 1 atom stereocenters. The van der Waals surface area contributed by atoms with Gasteiger partial charge >= 0.3 is 6.18 Å². The topological polar surface area (TPSA) is 64.3 Å². The Balaban J connectivity index is 2.23. The van der Waals surface area contributed by atoms with Crippen molar-refractivity contribution in [3.63, 3.8) is 0 Å². The SMILES string of the molecule is NC(CNC(=O)COCC(F)(F)F)c1ccccc1. The Morgan fingerprint density at radius 2 is 1.95 bits per heavy atom. The molecule has 1 rings (SSSR count). The van der Waals surface area contributed by atoms with Gasteiger partial charge in [0.2, 0.25) is 5.91 Å². The van der Waals surface area contributed by atoms with Crippen LogP contribution in [0, 0.1) is 0 Å². The molecule has 4 nitrogen and oxygen atoms in total. The molecule has 0 fully saturated rings. The normalized spacial score (nSPS) is 13.1. The van der Waals surface area contributed by atoms with E-state index < -0.39 is 31.3 Å². The number of hydrogen-bond donors (Lipinski definition) is 2. The maximum absolute atomic E-state index is 11.8. The van der Waals surface area contributed by atoms with Crippen LogP contribution < -0.4 is 11.1 Å². The van der Waals surface area contributed by atoms with Crippen LogP contribution in [0.4, 0.5) is 13.2 Å². The lowest BCUT2D eigenvalue weighted by atomic mass is 10.1. The van der Waals surface area contributed by atoms with Crippen molar-refractivity contribution < 1.29 is 22.7 Å². The van der Waals surface area contributed by atoms with Crippen LogP contribution in [0.5, 0.6) is 0 Å². The van der Waals surface area contributed by atoms with Crippen molar-refractivity contribution in [2.45, 2.75) is 12.2 Å². The molecule has 0 radical (unpaired) electrons. The monoisotopic (exact) mass is 276 g/mol. The molecule has 0 aromatic heterocycles. The molecule has 1 amide bonds. The van der Waals surface area contributed by atoms with Crippen molar-refractivity contribution >= 4 is 5.91 Å². The number of hydrogen-bond acceptors (Lipinski definition) is 3. The molecule has 7 heteroatoms. The molecule has 0 saturated carbocycles. The number of ether oxygens (including phenoxy) is 1. The summed E-state index contributed by atoms with van der Waals surface area (Å²) >= 11 is 0. The maximum atomic E-state index is 11.8. The van der Waals surface area contributed by atoms with E-state index in [4.69, 9.17) is 5.73 Å². The van der Waals surface area contributed by atoms with E-state index in [0.717, 1.165) is 5.56 Å². The minimum atomic E-state index is -4.43. The Labute approximate surface area is 108 Å². The first-order valence-corrected chi connectivity index (χ1v) is 5.60. The van der Waals surface area contributed by atoms with Gasteiger partial charge < -0.3 is 15.8 Å². The van der Waals surface area contributed by atoms with Crippen LogP contribution in [0.1, 0.15) is 11.6 Å². The fraction of sp³-hybridized carbons (Fsp3) is 0.417. The van der Waals surface area contributed by atoms with E-state index in [2.05, 4.69) is 10.1 Å². The summed E-state index contributed by atoms with van der Waals surface area (Å²) in [6.45, 7) is -1.94. The summed E-state index contributed by atoms with van der Waals surface area (Å²) in [6, 6.07) is 8.65. The van der Waals surface area contributed by atoms with E-state index >= 15 is 0 Å². The summed E-state index contributed by atoms with van der Waals surface area (Å²) < 4.78 is 39.5. The van der Waals surface area contributed by atoms with Crippen LogP contribution in [0.25, 0.3) is 0 Å². The second-order valence-electron chi connectivity index (χ2n) is 3.93. The highest BCUT2D eigenvalue weighted by molar-refractivity contribution is 5.77. The van der Waals surface area contributed by atoms with Gasteiger partial charge in [0.1, 0.15) is 13.2 Å². The molecule has 0 bridgehead atoms. The standard InChI is InChI=1S/C12H15F3N2O2/c13-12(14,15)8-19-7-11(18)17-6-10(16)9-4-2-1-3-5-9/h1-5,10H,6-8,16H2,(H,17,18). The van der Waals surface area contributed by atoms with Crippen LogP contribution in [-0.2, 0) is 9.53 Å². The first-order chi connectivity index (χ1) is 8.88. The molecular weight excluding hydrogens is 261 g/mol. The molecule has 0 aliphatic rings. The van der Waals surface area contributed by atoms with Crippen molar-refractivity contribution in [2.24, 2.45) is 5.73 Å². The van der Waals surface area contributed by atoms with Gasteiger partial charge in [0.15, 0.2) is 0 Å². The van der Waals surface area contributed by atoms with Crippen molar-refractivity contribution in [3.8, 4) is 0 Å². The average molecular weight is 276 g/mol. The van der Waals surface area contributed by atoms with Gasteiger partial charge in [-0.2, -0.15) is 13.2 Å². The summed E-state index contributed by atoms with van der Waals surface area (Å²) in [5, 5.41) is 2.41. The highest BCUT2D eigenvalue weighted by Gasteiger charge is 2.27. The van der Waals surface area contributed by atoms with E-state index in [-0.39, 0.29) is 6.54 Å².